The highest BCUT2D eigenvalue weighted by Gasteiger charge is 2.31. The van der Waals surface area contributed by atoms with Crippen molar-refractivity contribution >= 4 is 21.7 Å². The molecule has 23 heavy (non-hydrogen) atoms. The molecule has 2 N–H and O–H groups in total. The number of nitrogens with zero attached hydrogens (tertiary/aromatic N) is 2. The van der Waals surface area contributed by atoms with Crippen molar-refractivity contribution in [2.75, 3.05) is 25.0 Å². The molecule has 1 unspecified atom stereocenters. The van der Waals surface area contributed by atoms with Crippen LogP contribution in [0.2, 0.25) is 0 Å². The van der Waals surface area contributed by atoms with Crippen molar-refractivity contribution < 1.29 is 4.74 Å². The lowest BCUT2D eigenvalue weighted by atomic mass is 10.0. The predicted octanol–water partition coefficient (Wildman–Crippen LogP) is 3.57. The van der Waals surface area contributed by atoms with Crippen LogP contribution < -0.4 is 15.4 Å². The first-order valence-electron chi connectivity index (χ1n) is 8.82. The lowest BCUT2D eigenvalue weighted by Gasteiger charge is -2.35. The van der Waals surface area contributed by atoms with Crippen LogP contribution in [0.3, 0.4) is 0 Å². The van der Waals surface area contributed by atoms with Gasteiger partial charge in [0, 0.05) is 29.8 Å². The molecule has 1 fully saturated rings. The molecular formula is C17H27BrN4O. The van der Waals surface area contributed by atoms with Gasteiger partial charge < -0.3 is 15.4 Å². The lowest BCUT2D eigenvalue weighted by Crippen LogP contribution is -2.50. The van der Waals surface area contributed by atoms with Crippen LogP contribution >= 0.6 is 15.9 Å². The molecule has 128 valence electrons. The van der Waals surface area contributed by atoms with Gasteiger partial charge >= 0.3 is 0 Å². The van der Waals surface area contributed by atoms with Crippen LogP contribution in [0.1, 0.15) is 45.4 Å². The number of unbranched alkanes of at least 4 members (excludes halogenated alkanes) is 3. The van der Waals surface area contributed by atoms with Crippen molar-refractivity contribution in [3.63, 3.8) is 0 Å². The first kappa shape index (κ1) is 17.0. The van der Waals surface area contributed by atoms with E-state index in [1.54, 1.807) is 6.20 Å². The molecule has 6 heteroatoms. The van der Waals surface area contributed by atoms with E-state index in [4.69, 9.17) is 4.74 Å². The summed E-state index contributed by atoms with van der Waals surface area (Å²) in [7, 11) is 0. The number of ether oxygens (including phenoxy) is 1. The van der Waals surface area contributed by atoms with Crippen LogP contribution in [0.4, 0.5) is 5.82 Å². The summed E-state index contributed by atoms with van der Waals surface area (Å²) in [5, 5.41) is 7.07. The predicted molar refractivity (Wildman–Crippen MR) is 96.7 cm³/mol. The summed E-state index contributed by atoms with van der Waals surface area (Å²) in [6.45, 7) is 5.53. The summed E-state index contributed by atoms with van der Waals surface area (Å²) < 4.78 is 6.94. The quantitative estimate of drug-likeness (QED) is 0.705. The van der Waals surface area contributed by atoms with E-state index in [0.717, 1.165) is 35.7 Å². The molecule has 1 aromatic rings. The first-order chi connectivity index (χ1) is 11.3. The lowest BCUT2D eigenvalue weighted by molar-refractivity contribution is 0.0373. The minimum Gasteiger partial charge on any atom is -0.453 e. The molecule has 0 spiro atoms. The Kier molecular flexibility index (Phi) is 6.14. The van der Waals surface area contributed by atoms with Gasteiger partial charge in [-0.3, -0.25) is 4.90 Å². The summed E-state index contributed by atoms with van der Waals surface area (Å²) in [6, 6.07) is 2.63. The Balaban J connectivity index is 1.38. The molecule has 0 bridgehead atoms. The van der Waals surface area contributed by atoms with Crippen LogP contribution in [0.15, 0.2) is 16.7 Å². The van der Waals surface area contributed by atoms with Gasteiger partial charge in [-0.15, -0.1) is 0 Å². The zero-order valence-corrected chi connectivity index (χ0v) is 15.4. The van der Waals surface area contributed by atoms with E-state index in [2.05, 4.69) is 43.4 Å². The van der Waals surface area contributed by atoms with Crippen LogP contribution in [-0.4, -0.2) is 41.9 Å². The molecule has 0 saturated carbocycles. The molecule has 3 heterocycles. The number of hydrogen-bond donors (Lipinski definition) is 2. The van der Waals surface area contributed by atoms with Gasteiger partial charge in [0.15, 0.2) is 11.6 Å². The van der Waals surface area contributed by atoms with Gasteiger partial charge in [-0.25, -0.2) is 4.98 Å². The average molecular weight is 383 g/mol. The number of aromatic nitrogens is 1. The molecule has 2 aliphatic heterocycles. The van der Waals surface area contributed by atoms with Gasteiger partial charge in [-0.2, -0.15) is 0 Å². The number of hydrogen-bond acceptors (Lipinski definition) is 5. The van der Waals surface area contributed by atoms with Crippen molar-refractivity contribution in [1.82, 2.24) is 15.2 Å². The minimum absolute atomic E-state index is 0.0719. The number of likely N-dealkylation sites (tertiary alicyclic amines) is 1. The highest BCUT2D eigenvalue weighted by atomic mass is 79.9. The minimum atomic E-state index is -0.0719. The second-order valence-electron chi connectivity index (χ2n) is 6.44. The topological polar surface area (TPSA) is 49.4 Å². The normalized spacial score (nSPS) is 21.7. The van der Waals surface area contributed by atoms with E-state index in [1.165, 1.54) is 38.5 Å². The Morgan fingerprint density at radius 1 is 1.35 bits per heavy atom. The van der Waals surface area contributed by atoms with E-state index < -0.39 is 0 Å². The monoisotopic (exact) mass is 382 g/mol. The number of pyridine rings is 1. The summed E-state index contributed by atoms with van der Waals surface area (Å²) in [4.78, 5) is 6.73. The van der Waals surface area contributed by atoms with Crippen LogP contribution in [-0.2, 0) is 0 Å². The summed E-state index contributed by atoms with van der Waals surface area (Å²) in [6.07, 6.45) is 9.41. The maximum atomic E-state index is 5.99. The summed E-state index contributed by atoms with van der Waals surface area (Å²) >= 11 is 3.44. The third kappa shape index (κ3) is 4.58. The SMILES string of the molecule is CCCCCCNC1CCN(C2Nc3ncc(Br)cc3O2)CC1. The van der Waals surface area contributed by atoms with Crippen LogP contribution in [0, 0.1) is 0 Å². The van der Waals surface area contributed by atoms with Gasteiger partial charge in [0.25, 0.3) is 0 Å². The Bertz CT molecular complexity index is 505. The number of fused-ring (bicyclic) bond motifs is 1. The van der Waals surface area contributed by atoms with Crippen molar-refractivity contribution in [1.29, 1.82) is 0 Å². The van der Waals surface area contributed by atoms with Gasteiger partial charge in [-0.05, 0) is 47.8 Å². The van der Waals surface area contributed by atoms with Gasteiger partial charge in [-0.1, -0.05) is 26.2 Å². The molecule has 1 atom stereocenters. The summed E-state index contributed by atoms with van der Waals surface area (Å²) in [5.41, 5.74) is 0. The fourth-order valence-electron chi connectivity index (χ4n) is 3.25. The molecule has 1 aromatic heterocycles. The molecular weight excluding hydrogens is 356 g/mol. The number of piperidine rings is 1. The van der Waals surface area contributed by atoms with E-state index in [9.17, 15) is 0 Å². The second-order valence-corrected chi connectivity index (χ2v) is 7.36. The molecule has 0 aromatic carbocycles. The zero-order valence-electron chi connectivity index (χ0n) is 13.9. The molecule has 0 radical (unpaired) electrons. The maximum absolute atomic E-state index is 5.99. The molecule has 1 saturated heterocycles. The number of rotatable bonds is 7. The third-order valence-corrected chi connectivity index (χ3v) is 5.08. The third-order valence-electron chi connectivity index (χ3n) is 4.64. The molecule has 0 aliphatic carbocycles. The van der Waals surface area contributed by atoms with Crippen molar-refractivity contribution in [3.05, 3.63) is 16.7 Å². The van der Waals surface area contributed by atoms with Crippen molar-refractivity contribution in [2.45, 2.75) is 57.8 Å². The standard InChI is InChI=1S/C17H27BrN4O/c1-2-3-4-5-8-19-14-6-9-22(10-7-14)17-21-16-15(23-17)11-13(18)12-20-16/h11-12,14,17,19H,2-10H2,1H3,(H,20,21). The number of anilines is 1. The smallest absolute Gasteiger partial charge is 0.231 e. The molecule has 3 rings (SSSR count). The zero-order chi connectivity index (χ0) is 16.1. The molecule has 5 nitrogen and oxygen atoms in total. The average Bonchev–Trinajstić information content (AvgIpc) is 2.98. The Hall–Kier alpha value is -0.850. The molecule has 2 aliphatic rings. The molecule has 0 amide bonds. The van der Waals surface area contributed by atoms with Gasteiger partial charge in [0.1, 0.15) is 0 Å². The maximum Gasteiger partial charge on any atom is 0.231 e. The van der Waals surface area contributed by atoms with Gasteiger partial charge in [0.05, 0.1) is 0 Å². The fraction of sp³-hybridized carbons (Fsp3) is 0.706. The Morgan fingerprint density at radius 3 is 2.96 bits per heavy atom. The Morgan fingerprint density at radius 2 is 2.17 bits per heavy atom. The fourth-order valence-corrected chi connectivity index (χ4v) is 3.56. The van der Waals surface area contributed by atoms with Gasteiger partial charge in [0.2, 0.25) is 6.35 Å². The summed E-state index contributed by atoms with van der Waals surface area (Å²) in [5.74, 6) is 1.68. The largest absolute Gasteiger partial charge is 0.453 e. The van der Waals surface area contributed by atoms with Crippen molar-refractivity contribution in [2.24, 2.45) is 0 Å². The number of nitrogens with one attached hydrogen (secondary N) is 2. The van der Waals surface area contributed by atoms with E-state index >= 15 is 0 Å². The van der Waals surface area contributed by atoms with E-state index in [0.29, 0.717) is 6.04 Å². The Labute approximate surface area is 147 Å². The van der Waals surface area contributed by atoms with Crippen LogP contribution in [0.25, 0.3) is 0 Å². The van der Waals surface area contributed by atoms with Crippen molar-refractivity contribution in [3.8, 4) is 5.75 Å². The highest BCUT2D eigenvalue weighted by molar-refractivity contribution is 9.10. The number of halogens is 1. The van der Waals surface area contributed by atoms with E-state index in [1.807, 2.05) is 6.07 Å². The first-order valence-corrected chi connectivity index (χ1v) is 9.61. The highest BCUT2D eigenvalue weighted by Crippen LogP contribution is 2.33. The van der Waals surface area contributed by atoms with Crippen LogP contribution in [0.5, 0.6) is 5.75 Å². The second kappa shape index (κ2) is 8.31. The van der Waals surface area contributed by atoms with E-state index in [-0.39, 0.29) is 6.35 Å².